The van der Waals surface area contributed by atoms with Gasteiger partial charge in [0.1, 0.15) is 0 Å². The molecule has 0 aliphatic carbocycles. The molecule has 3 fully saturated rings. The largest absolute Gasteiger partial charge is 0.496 e. The first kappa shape index (κ1) is 57.2. The Labute approximate surface area is 450 Å². The Balaban J connectivity index is 0.000000199. The van der Waals surface area contributed by atoms with Gasteiger partial charge >= 0.3 is 21.1 Å². The van der Waals surface area contributed by atoms with Crippen LogP contribution in [0.1, 0.15) is 115 Å². The monoisotopic (exact) mass is 1360 g/mol. The minimum Gasteiger partial charge on any atom is -0.405 e. The summed E-state index contributed by atoms with van der Waals surface area (Å²) in [6, 6.07) is 43.3. The molecule has 4 aromatic carbocycles. The molecule has 3 aliphatic rings. The minimum absolute atomic E-state index is 0. The number of carbonyl (C=O) groups excluding carboxylic acids is 2. The van der Waals surface area contributed by atoms with E-state index < -0.39 is 21.1 Å². The van der Waals surface area contributed by atoms with E-state index in [1.165, 1.54) is 0 Å². The number of ketones is 2. The molecule has 10 nitrogen and oxygen atoms in total. The number of carbonyl (C=O) groups is 2. The normalized spacial score (nSPS) is 18.5. The average molecular weight is 1360 g/mol. The fourth-order valence-electron chi connectivity index (χ4n) is 7.18. The van der Waals surface area contributed by atoms with Gasteiger partial charge in [0.2, 0.25) is 0 Å². The second kappa shape index (κ2) is 22.6. The average Bonchev–Trinajstić information content (AvgIpc) is 3.79. The topological polar surface area (TPSA) is 115 Å². The van der Waals surface area contributed by atoms with E-state index in [1.807, 2.05) is 192 Å². The zero-order valence-corrected chi connectivity index (χ0v) is 48.0. The van der Waals surface area contributed by atoms with Gasteiger partial charge in [-0.15, -0.1) is 59.7 Å². The van der Waals surface area contributed by atoms with Crippen LogP contribution in [0, 0.1) is 12.1 Å². The van der Waals surface area contributed by atoms with Crippen molar-refractivity contribution in [3.8, 4) is 22.5 Å². The molecule has 0 amide bonds. The van der Waals surface area contributed by atoms with E-state index in [-0.39, 0.29) is 85.4 Å². The molecule has 0 unspecified atom stereocenters. The van der Waals surface area contributed by atoms with E-state index >= 15 is 0 Å². The van der Waals surface area contributed by atoms with Gasteiger partial charge in [-0.2, -0.15) is 0 Å². The molecule has 0 spiro atoms. The van der Waals surface area contributed by atoms with Crippen molar-refractivity contribution in [1.82, 2.24) is 9.97 Å². The third kappa shape index (κ3) is 12.9. The van der Waals surface area contributed by atoms with Gasteiger partial charge in [0.05, 0.1) is 33.6 Å². The molecule has 2 radical (unpaired) electrons. The molecule has 368 valence electrons. The van der Waals surface area contributed by atoms with Gasteiger partial charge in [0.15, 0.2) is 11.6 Å². The summed E-state index contributed by atoms with van der Waals surface area (Å²) in [4.78, 5) is 33.7. The molecule has 3 saturated heterocycles. The summed E-state index contributed by atoms with van der Waals surface area (Å²) >= 11 is 3.36. The van der Waals surface area contributed by atoms with E-state index in [1.54, 1.807) is 24.5 Å². The molecule has 2 aromatic heterocycles. The van der Waals surface area contributed by atoms with Crippen LogP contribution >= 0.6 is 15.9 Å². The quantitative estimate of drug-likeness (QED) is 0.0829. The molecule has 0 atom stereocenters. The molecule has 5 heterocycles. The third-order valence-corrected chi connectivity index (χ3v) is 14.0. The summed E-state index contributed by atoms with van der Waals surface area (Å²) in [7, 11) is -1.39. The summed E-state index contributed by atoms with van der Waals surface area (Å²) in [5.74, 6) is -0.0142. The van der Waals surface area contributed by atoms with Crippen molar-refractivity contribution in [2.45, 2.75) is 117 Å². The number of nitrogens with zero attached hydrogens (tertiary/aromatic N) is 2. The summed E-state index contributed by atoms with van der Waals surface area (Å²) < 4.78 is 36.9. The van der Waals surface area contributed by atoms with Crippen molar-refractivity contribution >= 4 is 54.1 Å². The van der Waals surface area contributed by atoms with Crippen LogP contribution < -0.4 is 5.46 Å². The van der Waals surface area contributed by atoms with E-state index in [4.69, 9.17) is 27.9 Å². The van der Waals surface area contributed by atoms with Crippen LogP contribution in [-0.2, 0) is 68.1 Å². The molecule has 9 rings (SSSR count). The van der Waals surface area contributed by atoms with Crippen LogP contribution in [-0.4, -0.2) is 76.3 Å². The molecule has 0 saturated carbocycles. The van der Waals surface area contributed by atoms with Gasteiger partial charge in [-0.3, -0.25) is 9.59 Å². The van der Waals surface area contributed by atoms with E-state index in [0.29, 0.717) is 22.3 Å². The van der Waals surface area contributed by atoms with Gasteiger partial charge in [0, 0.05) is 68.2 Å². The Morgan fingerprint density at radius 3 is 1.11 bits per heavy atom. The number of pyridine rings is 2. The van der Waals surface area contributed by atoms with E-state index in [9.17, 15) is 9.59 Å². The third-order valence-electron chi connectivity index (χ3n) is 13.6. The number of benzene rings is 4. The van der Waals surface area contributed by atoms with Crippen LogP contribution in [0.15, 0.2) is 138 Å². The fourth-order valence-corrected chi connectivity index (χ4v) is 7.42. The first-order chi connectivity index (χ1) is 31.9. The number of aromatic nitrogens is 2. The summed E-state index contributed by atoms with van der Waals surface area (Å²) in [6.45, 7) is 24.3. The van der Waals surface area contributed by atoms with Crippen molar-refractivity contribution in [1.29, 1.82) is 0 Å². The second-order valence-electron chi connectivity index (χ2n) is 20.0. The number of rotatable bonds is 8. The van der Waals surface area contributed by atoms with Crippen LogP contribution in [0.25, 0.3) is 22.5 Å². The van der Waals surface area contributed by atoms with Gasteiger partial charge in [-0.1, -0.05) is 96.1 Å². The second-order valence-corrected chi connectivity index (χ2v) is 21.0. The van der Waals surface area contributed by atoms with Gasteiger partial charge in [0.25, 0.3) is 0 Å². The molecule has 3 aliphatic heterocycles. The van der Waals surface area contributed by atoms with Gasteiger partial charge < -0.3 is 37.9 Å². The molecule has 16 heteroatoms. The maximum atomic E-state index is 12.5. The van der Waals surface area contributed by atoms with Crippen molar-refractivity contribution in [3.63, 3.8) is 0 Å². The molecule has 6 aromatic rings. The van der Waals surface area contributed by atoms with Crippen molar-refractivity contribution in [2.24, 2.45) is 0 Å². The predicted octanol–water partition coefficient (Wildman–Crippen LogP) is 10.9. The minimum atomic E-state index is -0.476. The van der Waals surface area contributed by atoms with Crippen molar-refractivity contribution in [2.75, 3.05) is 0 Å². The Morgan fingerprint density at radius 1 is 0.443 bits per heavy atom. The zero-order chi connectivity index (χ0) is 49.3. The fraction of sp³-hybridized carbons (Fsp3) is 0.333. The van der Waals surface area contributed by atoms with E-state index in [2.05, 4.69) is 38.0 Å². The molecular formula is C54H58B3BrIr2N2O8-2. The summed E-state index contributed by atoms with van der Waals surface area (Å²) in [5, 5.41) is 0. The van der Waals surface area contributed by atoms with E-state index in [0.717, 1.165) is 32.5 Å². The first-order valence-electron chi connectivity index (χ1n) is 22.8. The van der Waals surface area contributed by atoms with Crippen LogP contribution in [0.3, 0.4) is 0 Å². The molecule has 70 heavy (non-hydrogen) atoms. The first-order valence-corrected chi connectivity index (χ1v) is 23.6. The van der Waals surface area contributed by atoms with Crippen LogP contribution in [0.4, 0.5) is 0 Å². The standard InChI is InChI=1S/C24H23BNO3.C18H11BrNO.C12H24B2O4.2Ir/c1-23(2)24(3,4)29-25(28-23)20-14-15-21(26-16-20)17-10-12-19(13-11-17)22(27)18-8-6-5-7-9-18;19-16-10-11-17(20-12-16)13-6-8-15(9-7-13)18(21)14-4-2-1-3-5-14;1-9(2)10(3,4)16-13(15-9)14-17-11(5,6)12(7,8)18-14;;/h5-10,12-16H,1-4H3;1-6,8-12H;1-8H3;;/q2*-1;;;. The zero-order valence-electron chi connectivity index (χ0n) is 41.6. The van der Waals surface area contributed by atoms with Gasteiger partial charge in [-0.05, 0) is 116 Å². The van der Waals surface area contributed by atoms with Gasteiger partial charge in [-0.25, -0.2) is 0 Å². The Bertz CT molecular complexity index is 2610. The van der Waals surface area contributed by atoms with Crippen LogP contribution in [0.5, 0.6) is 0 Å². The molecule has 0 bridgehead atoms. The number of hydrogen-bond donors (Lipinski definition) is 0. The Hall–Kier alpha value is -3.75. The molecule has 0 N–H and O–H groups in total. The van der Waals surface area contributed by atoms with Crippen molar-refractivity contribution < 1.29 is 77.7 Å². The summed E-state index contributed by atoms with van der Waals surface area (Å²) in [5.41, 5.74) is 4.56. The Kier molecular flexibility index (Phi) is 18.4. The molecular weight excluding hydrogens is 1300 g/mol. The SMILES string of the molecule is CC1(C)OB(B2OC(C)(C)C(C)(C)O2)OC1(C)C.CC1(C)OB(c2ccc(-c3[c-]cc(C(=O)c4ccccc4)cc3)nc2)OC1(C)C.O=C(c1c[c-]c(-c2ccc(Br)cn2)cc1)c1ccccc1.[Ir].[Ir]. The van der Waals surface area contributed by atoms with Crippen LogP contribution in [0.2, 0.25) is 0 Å². The Morgan fingerprint density at radius 2 is 0.800 bits per heavy atom. The van der Waals surface area contributed by atoms with Crippen molar-refractivity contribution in [3.05, 3.63) is 173 Å². The predicted molar refractivity (Wildman–Crippen MR) is 272 cm³/mol. The smallest absolute Gasteiger partial charge is 0.405 e. The maximum Gasteiger partial charge on any atom is 0.496 e. The maximum absolute atomic E-state index is 12.5. The number of halogens is 1. The number of hydrogen-bond acceptors (Lipinski definition) is 10. The summed E-state index contributed by atoms with van der Waals surface area (Å²) in [6.07, 6.45) is 3.51.